The van der Waals surface area contributed by atoms with Crippen LogP contribution in [0.15, 0.2) is 152 Å². The van der Waals surface area contributed by atoms with Gasteiger partial charge in [-0.3, -0.25) is 0 Å². The average molecular weight is 1030 g/mol. The summed E-state index contributed by atoms with van der Waals surface area (Å²) in [6.07, 6.45) is 1.82. The molecule has 0 atom stereocenters. The van der Waals surface area contributed by atoms with Crippen molar-refractivity contribution in [2.75, 3.05) is 9.80 Å². The number of ether oxygens (including phenoxy) is 1. The van der Waals surface area contributed by atoms with Crippen LogP contribution in [0, 0.1) is 31.5 Å². The van der Waals surface area contributed by atoms with E-state index in [2.05, 4.69) is 179 Å². The fraction of sp³-hybridized carbons (Fsp3) is 0.172. The summed E-state index contributed by atoms with van der Waals surface area (Å²) < 4.78 is 23.1. The molecule has 65 heavy (non-hydrogen) atoms. The molecule has 0 bridgehead atoms. The van der Waals surface area contributed by atoms with E-state index in [0.29, 0.717) is 17.4 Å². The number of aromatic nitrogens is 2. The number of pyridine rings is 1. The van der Waals surface area contributed by atoms with E-state index in [-0.39, 0.29) is 38.7 Å². The van der Waals surface area contributed by atoms with Crippen molar-refractivity contribution in [3.63, 3.8) is 0 Å². The third-order valence-corrected chi connectivity index (χ3v) is 12.4. The van der Waals surface area contributed by atoms with Gasteiger partial charge in [-0.05, 0) is 124 Å². The van der Waals surface area contributed by atoms with Gasteiger partial charge in [-0.25, -0.2) is 9.37 Å². The predicted octanol–water partition coefficient (Wildman–Crippen LogP) is 16.1. The Labute approximate surface area is 396 Å². The minimum atomic E-state index is -0.238. The molecule has 3 heterocycles. The van der Waals surface area contributed by atoms with Crippen molar-refractivity contribution in [1.82, 2.24) is 9.55 Å². The Hall–Kier alpha value is -6.49. The number of hydrogen-bond acceptors (Lipinski definition) is 4. The first kappa shape index (κ1) is 43.7. The first-order valence-electron chi connectivity index (χ1n) is 22.2. The molecule has 5 nitrogen and oxygen atoms in total. The number of fused-ring (bicyclic) bond motifs is 4. The molecule has 9 aromatic rings. The van der Waals surface area contributed by atoms with Crippen LogP contribution in [0.25, 0.3) is 49.9 Å². The first-order valence-corrected chi connectivity index (χ1v) is 22.2. The van der Waals surface area contributed by atoms with E-state index in [4.69, 9.17) is 9.72 Å². The molecule has 1 aliphatic rings. The monoisotopic (exact) mass is 1030 g/mol. The second-order valence-electron chi connectivity index (χ2n) is 17.8. The third-order valence-electron chi connectivity index (χ3n) is 12.4. The van der Waals surface area contributed by atoms with Gasteiger partial charge < -0.3 is 19.1 Å². The molecule has 0 aliphatic carbocycles. The van der Waals surface area contributed by atoms with Gasteiger partial charge in [0.05, 0.1) is 0 Å². The molecular weight excluding hydrogens is 983 g/mol. The third kappa shape index (κ3) is 8.26. The van der Waals surface area contributed by atoms with Gasteiger partial charge in [-0.1, -0.05) is 114 Å². The van der Waals surface area contributed by atoms with E-state index >= 15 is 0 Å². The molecule has 1 aliphatic heterocycles. The van der Waals surface area contributed by atoms with Crippen molar-refractivity contribution in [2.45, 2.75) is 66.2 Å². The number of para-hydroxylation sites is 1. The zero-order chi connectivity index (χ0) is 44.2. The second kappa shape index (κ2) is 17.8. The molecule has 0 saturated carbocycles. The van der Waals surface area contributed by atoms with Gasteiger partial charge in [0, 0.05) is 61.3 Å². The molecule has 0 spiro atoms. The summed E-state index contributed by atoms with van der Waals surface area (Å²) in [7, 11) is 0. The fourth-order valence-electron chi connectivity index (χ4n) is 9.00. The Kier molecular flexibility index (Phi) is 12.0. The summed E-state index contributed by atoms with van der Waals surface area (Å²) in [4.78, 5) is 9.32. The molecule has 7 aromatic carbocycles. The fourth-order valence-corrected chi connectivity index (χ4v) is 9.00. The van der Waals surface area contributed by atoms with E-state index in [1.165, 1.54) is 34.4 Å². The molecule has 328 valence electrons. The summed E-state index contributed by atoms with van der Waals surface area (Å²) in [5.74, 6) is 2.56. The number of halogens is 1. The van der Waals surface area contributed by atoms with Crippen molar-refractivity contribution in [3.8, 4) is 39.6 Å². The van der Waals surface area contributed by atoms with Crippen molar-refractivity contribution in [1.29, 1.82) is 0 Å². The van der Waals surface area contributed by atoms with Crippen LogP contribution in [-0.4, -0.2) is 9.55 Å². The van der Waals surface area contributed by atoms with Crippen molar-refractivity contribution in [2.24, 2.45) is 0 Å². The number of nitrogens with zero attached hydrogens (tertiary/aromatic N) is 4. The molecule has 2 aromatic heterocycles. The maximum absolute atomic E-state index is 14.1. The smallest absolute Gasteiger partial charge is 0.135 e. The van der Waals surface area contributed by atoms with Crippen LogP contribution in [0.5, 0.6) is 11.5 Å². The van der Waals surface area contributed by atoms with Gasteiger partial charge in [0.2, 0.25) is 0 Å². The minimum Gasteiger partial charge on any atom is -0.509 e. The number of hydrogen-bond donors (Lipinski definition) is 0. The van der Waals surface area contributed by atoms with E-state index in [1.54, 1.807) is 0 Å². The molecule has 0 radical (unpaired) electrons. The van der Waals surface area contributed by atoms with E-state index in [0.717, 1.165) is 72.6 Å². The number of anilines is 4. The van der Waals surface area contributed by atoms with Crippen LogP contribution in [0.4, 0.5) is 27.1 Å². The average Bonchev–Trinajstić information content (AvgIpc) is 3.84. The quantitative estimate of drug-likeness (QED) is 0.128. The van der Waals surface area contributed by atoms with E-state index < -0.39 is 0 Å². The first-order chi connectivity index (χ1) is 31.0. The molecule has 0 saturated heterocycles. The molecule has 0 unspecified atom stereocenters. The molecule has 10 rings (SSSR count). The zero-order valence-corrected chi connectivity index (χ0v) is 39.9. The molecule has 0 fully saturated rings. The largest absolute Gasteiger partial charge is 0.509 e. The second-order valence-corrected chi connectivity index (χ2v) is 17.8. The summed E-state index contributed by atoms with van der Waals surface area (Å²) in [6, 6.07) is 56.9. The normalized spacial score (nSPS) is 12.5. The van der Waals surface area contributed by atoms with E-state index in [9.17, 15) is 4.39 Å². The van der Waals surface area contributed by atoms with Gasteiger partial charge in [0.1, 0.15) is 11.6 Å². The van der Waals surface area contributed by atoms with Crippen LogP contribution in [0.3, 0.4) is 0 Å². The van der Waals surface area contributed by atoms with E-state index in [1.807, 2.05) is 42.6 Å². The number of rotatable bonds is 10. The van der Waals surface area contributed by atoms with Crippen molar-refractivity contribution < 1.29 is 30.2 Å². The van der Waals surface area contributed by atoms with Crippen molar-refractivity contribution in [3.05, 3.63) is 199 Å². The molecule has 0 N–H and O–H groups in total. The van der Waals surface area contributed by atoms with Crippen LogP contribution >= 0.6 is 0 Å². The zero-order valence-electron chi connectivity index (χ0n) is 37.6. The van der Waals surface area contributed by atoms with Gasteiger partial charge >= 0.3 is 0 Å². The molecule has 0 amide bonds. The van der Waals surface area contributed by atoms with Crippen LogP contribution in [-0.2, 0) is 21.1 Å². The summed E-state index contributed by atoms with van der Waals surface area (Å²) in [6.45, 7) is 17.8. The summed E-state index contributed by atoms with van der Waals surface area (Å²) in [5, 5.41) is 2.20. The van der Waals surface area contributed by atoms with Gasteiger partial charge in [0.25, 0.3) is 0 Å². The number of benzene rings is 7. The minimum absolute atomic E-state index is 0. The summed E-state index contributed by atoms with van der Waals surface area (Å²) >= 11 is 0. The van der Waals surface area contributed by atoms with Crippen LogP contribution < -0.4 is 14.5 Å². The van der Waals surface area contributed by atoms with Crippen molar-refractivity contribution >= 4 is 44.6 Å². The van der Waals surface area contributed by atoms with Gasteiger partial charge in [-0.15, -0.1) is 53.6 Å². The predicted molar refractivity (Wildman–Crippen MR) is 262 cm³/mol. The Morgan fingerprint density at radius 1 is 0.585 bits per heavy atom. The topological polar surface area (TPSA) is 33.5 Å². The SMILES string of the molecule is Cc1ccc2c(c1)N(c1c(C(C)C)cc(-c3ccc(F)cc3)cc1C(C)C)[CH-]N2c1[c-]c(Oc2[c-]c3c(cc2)c2ccccc2n3-c2ccccn2)cc(-c2ccc(C(C)C)cc2)c1.[Pt]. The number of aryl methyl sites for hydroxylation is 1. The Balaban J connectivity index is 0.00000533. The Bertz CT molecular complexity index is 3150. The van der Waals surface area contributed by atoms with Gasteiger partial charge in [0.15, 0.2) is 0 Å². The standard InChI is InChI=1S/C58H50FN4O.Pt/c1-36(2)40-16-18-41(19-17-40)43-29-46(33-48(30-43)64-47-24-25-50-49-12-8-9-13-53(49)63(55(50)34-47)57-14-10-11-27-60-57)61-35-62(56-28-39(7)15-26-54(56)61)58-51(37(3)4)31-44(32-52(58)38(5)6)42-20-22-45(59)23-21-42;/h8-32,35-38H,1-7H3;/q-3;. The van der Waals surface area contributed by atoms with Crippen LogP contribution in [0.1, 0.15) is 81.5 Å². The summed E-state index contributed by atoms with van der Waals surface area (Å²) in [5.41, 5.74) is 15.1. The van der Waals surface area contributed by atoms with Gasteiger partial charge in [-0.2, -0.15) is 6.07 Å². The Morgan fingerprint density at radius 3 is 1.94 bits per heavy atom. The maximum Gasteiger partial charge on any atom is 0.135 e. The van der Waals surface area contributed by atoms with Crippen LogP contribution in [0.2, 0.25) is 0 Å². The molecular formula is C58H50FN4OPt-3. The maximum atomic E-state index is 14.1. The Morgan fingerprint density at radius 2 is 1.26 bits per heavy atom. The molecule has 7 heteroatoms.